The highest BCUT2D eigenvalue weighted by Crippen LogP contribution is 2.37. The van der Waals surface area contributed by atoms with Gasteiger partial charge in [0.2, 0.25) is 5.88 Å². The van der Waals surface area contributed by atoms with Crippen molar-refractivity contribution in [2.45, 2.75) is 38.9 Å². The highest BCUT2D eigenvalue weighted by Gasteiger charge is 2.49. The van der Waals surface area contributed by atoms with Gasteiger partial charge in [0.05, 0.1) is 18.3 Å². The summed E-state index contributed by atoms with van der Waals surface area (Å²) in [5, 5.41) is 0. The van der Waals surface area contributed by atoms with Crippen LogP contribution in [0, 0.1) is 0 Å². The first-order valence-electron chi connectivity index (χ1n) is 6.38. The van der Waals surface area contributed by atoms with E-state index in [1.54, 1.807) is 13.3 Å². The molecule has 2 heterocycles. The Kier molecular flexibility index (Phi) is 3.70. The molecule has 0 aromatic carbocycles. The van der Waals surface area contributed by atoms with Crippen LogP contribution >= 0.6 is 0 Å². The Morgan fingerprint density at radius 2 is 1.84 bits per heavy atom. The summed E-state index contributed by atoms with van der Waals surface area (Å²) in [6.45, 7) is 8.15. The molecule has 1 aliphatic heterocycles. The first-order chi connectivity index (χ1) is 8.84. The highest BCUT2D eigenvalue weighted by molar-refractivity contribution is 6.52. The van der Waals surface area contributed by atoms with Crippen LogP contribution in [-0.4, -0.2) is 30.4 Å². The fourth-order valence-corrected chi connectivity index (χ4v) is 1.80. The molecule has 0 bridgehead atoms. The molecule has 0 atom stereocenters. The van der Waals surface area contributed by atoms with E-state index in [0.29, 0.717) is 5.88 Å². The third-order valence-corrected chi connectivity index (χ3v) is 3.69. The van der Waals surface area contributed by atoms with Crippen LogP contribution in [-0.2, 0) is 9.31 Å². The van der Waals surface area contributed by atoms with Crippen LogP contribution in [0.15, 0.2) is 24.3 Å². The zero-order valence-electron chi connectivity index (χ0n) is 12.1. The Labute approximate surface area is 114 Å². The maximum atomic E-state index is 5.89. The summed E-state index contributed by atoms with van der Waals surface area (Å²) >= 11 is 0. The van der Waals surface area contributed by atoms with Crippen LogP contribution in [0.1, 0.15) is 33.3 Å². The molecule has 2 rings (SSSR count). The normalized spacial score (nSPS) is 21.0. The smallest absolute Gasteiger partial charge is 0.481 e. The molecule has 0 saturated carbocycles. The van der Waals surface area contributed by atoms with Crippen LogP contribution in [0.25, 0.3) is 6.08 Å². The minimum atomic E-state index is -0.329. The van der Waals surface area contributed by atoms with E-state index in [9.17, 15) is 0 Å². The molecule has 1 aliphatic rings. The Balaban J connectivity index is 2.08. The fourth-order valence-electron chi connectivity index (χ4n) is 1.80. The van der Waals surface area contributed by atoms with Gasteiger partial charge in [0.25, 0.3) is 0 Å². The Hall–Kier alpha value is -1.33. The number of nitrogens with zero attached hydrogens (tertiary/aromatic N) is 1. The highest BCUT2D eigenvalue weighted by atomic mass is 16.7. The zero-order valence-corrected chi connectivity index (χ0v) is 12.1. The predicted octanol–water partition coefficient (Wildman–Crippen LogP) is 2.73. The first kappa shape index (κ1) is 14.1. The fraction of sp³-hybridized carbons (Fsp3) is 0.500. The molecule has 0 radical (unpaired) electrons. The zero-order chi connectivity index (χ0) is 14.1. The van der Waals surface area contributed by atoms with E-state index in [4.69, 9.17) is 14.0 Å². The van der Waals surface area contributed by atoms with Gasteiger partial charge in [0, 0.05) is 12.3 Å². The number of aromatic nitrogens is 1. The van der Waals surface area contributed by atoms with Gasteiger partial charge in [-0.1, -0.05) is 12.1 Å². The van der Waals surface area contributed by atoms with E-state index in [1.165, 1.54) is 0 Å². The van der Waals surface area contributed by atoms with Gasteiger partial charge in [-0.2, -0.15) is 0 Å². The van der Waals surface area contributed by atoms with E-state index < -0.39 is 0 Å². The second-order valence-electron chi connectivity index (χ2n) is 5.62. The molecule has 102 valence electrons. The second-order valence-corrected chi connectivity index (χ2v) is 5.62. The molecule has 0 N–H and O–H groups in total. The molecule has 0 unspecified atom stereocenters. The summed E-state index contributed by atoms with van der Waals surface area (Å²) in [4.78, 5) is 4.07. The predicted molar refractivity (Wildman–Crippen MR) is 75.9 cm³/mol. The van der Waals surface area contributed by atoms with Gasteiger partial charge in [0.15, 0.2) is 0 Å². The molecule has 1 saturated heterocycles. The average molecular weight is 261 g/mol. The number of pyridine rings is 1. The van der Waals surface area contributed by atoms with Gasteiger partial charge in [-0.15, -0.1) is 0 Å². The number of methoxy groups -OCH3 is 1. The molecule has 19 heavy (non-hydrogen) atoms. The lowest BCUT2D eigenvalue weighted by molar-refractivity contribution is 0.00578. The van der Waals surface area contributed by atoms with Crippen molar-refractivity contribution in [1.82, 2.24) is 4.98 Å². The molecule has 4 nitrogen and oxygen atoms in total. The van der Waals surface area contributed by atoms with Gasteiger partial charge >= 0.3 is 7.12 Å². The summed E-state index contributed by atoms with van der Waals surface area (Å²) in [6.07, 6.45) is 3.66. The van der Waals surface area contributed by atoms with E-state index >= 15 is 0 Å². The van der Waals surface area contributed by atoms with Crippen molar-refractivity contribution in [2.24, 2.45) is 0 Å². The SMILES string of the molecule is COc1cc(/C=C/B2OC(C)(C)C(C)(C)O2)ccn1. The molecule has 0 spiro atoms. The van der Waals surface area contributed by atoms with Crippen LogP contribution in [0.3, 0.4) is 0 Å². The molecular weight excluding hydrogens is 241 g/mol. The third kappa shape index (κ3) is 2.99. The van der Waals surface area contributed by atoms with E-state index in [1.807, 2.05) is 51.9 Å². The van der Waals surface area contributed by atoms with Crippen LogP contribution in [0.5, 0.6) is 5.88 Å². The lowest BCUT2D eigenvalue weighted by Gasteiger charge is -2.32. The molecule has 5 heteroatoms. The van der Waals surface area contributed by atoms with E-state index in [2.05, 4.69) is 4.98 Å². The summed E-state index contributed by atoms with van der Waals surface area (Å²) in [6, 6.07) is 3.77. The van der Waals surface area contributed by atoms with Crippen LogP contribution < -0.4 is 4.74 Å². The largest absolute Gasteiger partial charge is 0.487 e. The van der Waals surface area contributed by atoms with Crippen molar-refractivity contribution in [3.05, 3.63) is 29.9 Å². The van der Waals surface area contributed by atoms with Crippen LogP contribution in [0.4, 0.5) is 0 Å². The maximum Gasteiger partial charge on any atom is 0.487 e. The quantitative estimate of drug-likeness (QED) is 0.784. The summed E-state index contributed by atoms with van der Waals surface area (Å²) in [7, 11) is 1.27. The van der Waals surface area contributed by atoms with Crippen molar-refractivity contribution in [3.8, 4) is 5.88 Å². The monoisotopic (exact) mass is 261 g/mol. The second kappa shape index (κ2) is 4.98. The molecule has 1 fully saturated rings. The summed E-state index contributed by atoms with van der Waals surface area (Å²) < 4.78 is 16.9. The van der Waals surface area contributed by atoms with Crippen molar-refractivity contribution < 1.29 is 14.0 Å². The Bertz CT molecular complexity index is 469. The van der Waals surface area contributed by atoms with Gasteiger partial charge in [-0.25, -0.2) is 4.98 Å². The lowest BCUT2D eigenvalue weighted by atomic mass is 9.89. The summed E-state index contributed by atoms with van der Waals surface area (Å²) in [5.41, 5.74) is 0.386. The Morgan fingerprint density at radius 1 is 1.21 bits per heavy atom. The lowest BCUT2D eigenvalue weighted by Crippen LogP contribution is -2.41. The van der Waals surface area contributed by atoms with Gasteiger partial charge in [-0.05, 0) is 39.3 Å². The van der Waals surface area contributed by atoms with E-state index in [0.717, 1.165) is 5.56 Å². The Morgan fingerprint density at radius 3 is 2.42 bits per heavy atom. The molecule has 1 aromatic heterocycles. The number of hydrogen-bond donors (Lipinski definition) is 0. The average Bonchev–Trinajstić information content (AvgIpc) is 2.56. The maximum absolute atomic E-state index is 5.89. The van der Waals surface area contributed by atoms with Crippen molar-refractivity contribution >= 4 is 13.2 Å². The minimum absolute atomic E-state index is 0.308. The van der Waals surface area contributed by atoms with Gasteiger partial charge < -0.3 is 14.0 Å². The minimum Gasteiger partial charge on any atom is -0.481 e. The van der Waals surface area contributed by atoms with Crippen molar-refractivity contribution in [3.63, 3.8) is 0 Å². The van der Waals surface area contributed by atoms with Gasteiger partial charge in [0.1, 0.15) is 0 Å². The van der Waals surface area contributed by atoms with E-state index in [-0.39, 0.29) is 18.3 Å². The first-order valence-corrected chi connectivity index (χ1v) is 6.38. The standard InChI is InChI=1S/C14H20BNO3/c1-13(2)14(3,4)19-15(18-13)8-6-11-7-9-16-12(10-11)17-5/h6-10H,1-5H3/b8-6+. The third-order valence-electron chi connectivity index (χ3n) is 3.69. The number of rotatable bonds is 3. The number of ether oxygens (including phenoxy) is 1. The molecular formula is C14H20BNO3. The molecule has 0 amide bonds. The van der Waals surface area contributed by atoms with Crippen LogP contribution in [0.2, 0.25) is 0 Å². The topological polar surface area (TPSA) is 40.6 Å². The van der Waals surface area contributed by atoms with Gasteiger partial charge in [-0.3, -0.25) is 0 Å². The molecule has 1 aromatic rings. The van der Waals surface area contributed by atoms with Crippen molar-refractivity contribution in [2.75, 3.05) is 7.11 Å². The summed E-state index contributed by atoms with van der Waals surface area (Å²) in [5.74, 6) is 2.50. The van der Waals surface area contributed by atoms with Crippen molar-refractivity contribution in [1.29, 1.82) is 0 Å². The number of hydrogen-bond acceptors (Lipinski definition) is 4. The molecule has 0 aliphatic carbocycles.